The van der Waals surface area contributed by atoms with E-state index in [1.165, 1.54) is 19.4 Å². The highest BCUT2D eigenvalue weighted by atomic mass is 32.1. The van der Waals surface area contributed by atoms with Gasteiger partial charge in [-0.25, -0.2) is 0 Å². The Bertz CT molecular complexity index is 399. The van der Waals surface area contributed by atoms with E-state index >= 15 is 0 Å². The predicted molar refractivity (Wildman–Crippen MR) is 89.4 cm³/mol. The first-order valence-corrected chi connectivity index (χ1v) is 9.04. The summed E-state index contributed by atoms with van der Waals surface area (Å²) >= 11 is 1.93. The summed E-state index contributed by atoms with van der Waals surface area (Å²) in [4.78, 5) is 4.30. The molecule has 0 aromatic carbocycles. The number of thiophene rings is 1. The summed E-state index contributed by atoms with van der Waals surface area (Å²) in [7, 11) is 0. The average molecular weight is 295 g/mol. The standard InChI is InChI=1S/C17H30N2S/c1-5-14-7-8-20-17(14)12-19-11-15(9-13(3)4)18-10-16(19)6-2/h7-8,13,15-16,18H,5-6,9-12H2,1-4H3. The van der Waals surface area contributed by atoms with Gasteiger partial charge in [0.05, 0.1) is 0 Å². The lowest BCUT2D eigenvalue weighted by atomic mass is 9.98. The van der Waals surface area contributed by atoms with Crippen molar-refractivity contribution in [1.29, 1.82) is 0 Å². The minimum absolute atomic E-state index is 0.669. The zero-order valence-corrected chi connectivity index (χ0v) is 14.3. The SMILES string of the molecule is CCc1ccsc1CN1CC(CC(C)C)NCC1CC. The molecule has 1 saturated heterocycles. The van der Waals surface area contributed by atoms with Crippen LogP contribution in [0.2, 0.25) is 0 Å². The van der Waals surface area contributed by atoms with Crippen LogP contribution >= 0.6 is 11.3 Å². The summed E-state index contributed by atoms with van der Waals surface area (Å²) in [5, 5.41) is 6.00. The second-order valence-electron chi connectivity index (χ2n) is 6.45. The molecule has 2 unspecified atom stereocenters. The van der Waals surface area contributed by atoms with Gasteiger partial charge < -0.3 is 5.32 Å². The van der Waals surface area contributed by atoms with E-state index in [9.17, 15) is 0 Å². The Labute approximate surface area is 128 Å². The van der Waals surface area contributed by atoms with Crippen molar-refractivity contribution in [1.82, 2.24) is 10.2 Å². The molecule has 2 atom stereocenters. The molecular weight excluding hydrogens is 264 g/mol. The predicted octanol–water partition coefficient (Wildman–Crippen LogP) is 3.91. The Hall–Kier alpha value is -0.380. The van der Waals surface area contributed by atoms with Crippen molar-refractivity contribution in [2.45, 2.75) is 65.6 Å². The minimum Gasteiger partial charge on any atom is -0.311 e. The summed E-state index contributed by atoms with van der Waals surface area (Å²) in [6, 6.07) is 3.67. The van der Waals surface area contributed by atoms with Crippen LogP contribution in [0.5, 0.6) is 0 Å². The summed E-state index contributed by atoms with van der Waals surface area (Å²) in [6.45, 7) is 12.7. The van der Waals surface area contributed by atoms with Crippen molar-refractivity contribution in [3.63, 3.8) is 0 Å². The molecule has 114 valence electrons. The summed E-state index contributed by atoms with van der Waals surface area (Å²) in [5.41, 5.74) is 1.55. The molecule has 2 heterocycles. The Kier molecular flexibility index (Phi) is 6.06. The van der Waals surface area contributed by atoms with Crippen molar-refractivity contribution in [2.75, 3.05) is 13.1 Å². The summed E-state index contributed by atoms with van der Waals surface area (Å²) in [6.07, 6.45) is 3.70. The maximum Gasteiger partial charge on any atom is 0.0334 e. The van der Waals surface area contributed by atoms with Crippen molar-refractivity contribution in [3.8, 4) is 0 Å². The van der Waals surface area contributed by atoms with Crippen LogP contribution in [0.1, 0.15) is 51.0 Å². The van der Waals surface area contributed by atoms with Gasteiger partial charge in [0.2, 0.25) is 0 Å². The molecule has 2 rings (SSSR count). The van der Waals surface area contributed by atoms with E-state index in [2.05, 4.69) is 49.4 Å². The number of rotatable bonds is 6. The normalized spacial score (nSPS) is 24.4. The van der Waals surface area contributed by atoms with Gasteiger partial charge in [0.15, 0.2) is 0 Å². The average Bonchev–Trinajstić information content (AvgIpc) is 2.85. The van der Waals surface area contributed by atoms with Gasteiger partial charge in [-0.1, -0.05) is 27.7 Å². The first-order valence-electron chi connectivity index (χ1n) is 8.16. The molecule has 1 N–H and O–H groups in total. The van der Waals surface area contributed by atoms with E-state index in [0.717, 1.165) is 25.4 Å². The van der Waals surface area contributed by atoms with Crippen LogP contribution in [-0.2, 0) is 13.0 Å². The monoisotopic (exact) mass is 294 g/mol. The van der Waals surface area contributed by atoms with Crippen molar-refractivity contribution in [3.05, 3.63) is 21.9 Å². The highest BCUT2D eigenvalue weighted by Gasteiger charge is 2.27. The maximum absolute atomic E-state index is 3.75. The first-order chi connectivity index (χ1) is 9.63. The zero-order valence-electron chi connectivity index (χ0n) is 13.5. The lowest BCUT2D eigenvalue weighted by Gasteiger charge is -2.40. The van der Waals surface area contributed by atoms with Gasteiger partial charge in [-0.15, -0.1) is 11.3 Å². The molecule has 1 aromatic heterocycles. The van der Waals surface area contributed by atoms with E-state index in [4.69, 9.17) is 0 Å². The fraction of sp³-hybridized carbons (Fsp3) is 0.765. The Balaban J connectivity index is 2.01. The number of aryl methyl sites for hydroxylation is 1. The van der Waals surface area contributed by atoms with Gasteiger partial charge in [0, 0.05) is 36.6 Å². The molecule has 0 aliphatic carbocycles. The first kappa shape index (κ1) is 16.0. The van der Waals surface area contributed by atoms with Gasteiger partial charge in [-0.05, 0) is 42.2 Å². The van der Waals surface area contributed by atoms with E-state index < -0.39 is 0 Å². The lowest BCUT2D eigenvalue weighted by Crippen LogP contribution is -2.56. The third-order valence-electron chi connectivity index (χ3n) is 4.41. The molecule has 0 spiro atoms. The lowest BCUT2D eigenvalue weighted by molar-refractivity contribution is 0.112. The summed E-state index contributed by atoms with van der Waals surface area (Å²) < 4.78 is 0. The second-order valence-corrected chi connectivity index (χ2v) is 7.45. The van der Waals surface area contributed by atoms with E-state index in [1.54, 1.807) is 10.4 Å². The topological polar surface area (TPSA) is 15.3 Å². The molecule has 1 fully saturated rings. The molecule has 1 aliphatic rings. The molecule has 3 heteroatoms. The molecule has 0 bridgehead atoms. The van der Waals surface area contributed by atoms with Crippen LogP contribution in [0.4, 0.5) is 0 Å². The van der Waals surface area contributed by atoms with Gasteiger partial charge in [-0.3, -0.25) is 4.90 Å². The maximum atomic E-state index is 3.75. The Morgan fingerprint density at radius 2 is 2.20 bits per heavy atom. The second kappa shape index (κ2) is 7.58. The van der Waals surface area contributed by atoms with Gasteiger partial charge in [0.1, 0.15) is 0 Å². The molecule has 20 heavy (non-hydrogen) atoms. The van der Waals surface area contributed by atoms with Crippen LogP contribution in [0, 0.1) is 5.92 Å². The number of hydrogen-bond acceptors (Lipinski definition) is 3. The Morgan fingerprint density at radius 3 is 2.85 bits per heavy atom. The number of hydrogen-bond donors (Lipinski definition) is 1. The van der Waals surface area contributed by atoms with Crippen LogP contribution in [-0.4, -0.2) is 30.1 Å². The minimum atomic E-state index is 0.669. The fourth-order valence-electron chi connectivity index (χ4n) is 3.26. The number of nitrogens with one attached hydrogen (secondary N) is 1. The molecule has 0 radical (unpaired) electrons. The van der Waals surface area contributed by atoms with Crippen LogP contribution < -0.4 is 5.32 Å². The fourth-order valence-corrected chi connectivity index (χ4v) is 4.26. The van der Waals surface area contributed by atoms with Gasteiger partial charge >= 0.3 is 0 Å². The van der Waals surface area contributed by atoms with Gasteiger partial charge in [0.25, 0.3) is 0 Å². The van der Waals surface area contributed by atoms with Gasteiger partial charge in [-0.2, -0.15) is 0 Å². The molecular formula is C17H30N2S. The van der Waals surface area contributed by atoms with Crippen molar-refractivity contribution >= 4 is 11.3 Å². The Morgan fingerprint density at radius 1 is 1.40 bits per heavy atom. The third-order valence-corrected chi connectivity index (χ3v) is 5.35. The highest BCUT2D eigenvalue weighted by molar-refractivity contribution is 7.10. The molecule has 1 aliphatic heterocycles. The highest BCUT2D eigenvalue weighted by Crippen LogP contribution is 2.23. The molecule has 0 saturated carbocycles. The smallest absolute Gasteiger partial charge is 0.0334 e. The van der Waals surface area contributed by atoms with E-state index in [-0.39, 0.29) is 0 Å². The van der Waals surface area contributed by atoms with E-state index in [1.807, 2.05) is 11.3 Å². The van der Waals surface area contributed by atoms with Crippen LogP contribution in [0.3, 0.4) is 0 Å². The summed E-state index contributed by atoms with van der Waals surface area (Å²) in [5.74, 6) is 0.778. The third kappa shape index (κ3) is 4.06. The van der Waals surface area contributed by atoms with Crippen LogP contribution in [0.25, 0.3) is 0 Å². The largest absolute Gasteiger partial charge is 0.311 e. The van der Waals surface area contributed by atoms with Crippen molar-refractivity contribution < 1.29 is 0 Å². The zero-order chi connectivity index (χ0) is 14.5. The van der Waals surface area contributed by atoms with Crippen molar-refractivity contribution in [2.24, 2.45) is 5.92 Å². The van der Waals surface area contributed by atoms with Crippen LogP contribution in [0.15, 0.2) is 11.4 Å². The quantitative estimate of drug-likeness (QED) is 0.856. The van der Waals surface area contributed by atoms with E-state index in [0.29, 0.717) is 12.1 Å². The number of piperazine rings is 1. The number of nitrogens with zero attached hydrogens (tertiary/aromatic N) is 1. The molecule has 0 amide bonds. The molecule has 2 nitrogen and oxygen atoms in total. The molecule has 1 aromatic rings.